The summed E-state index contributed by atoms with van der Waals surface area (Å²) in [6, 6.07) is 7.98. The van der Waals surface area contributed by atoms with Crippen molar-refractivity contribution >= 4 is 130 Å². The van der Waals surface area contributed by atoms with Crippen molar-refractivity contribution in [2.45, 2.75) is 201 Å². The predicted octanol–water partition coefficient (Wildman–Crippen LogP) is -0.876. The number of aromatic amines is 1. The molecule has 1 aromatic heterocycles. The molecule has 728 valence electrons. The molecule has 0 spiro atoms. The number of nitrogens with one attached hydrogen (secondary N) is 9. The number of carboxylic acid groups (broad SMARTS) is 3. The number of halogens is 3. The highest BCUT2D eigenvalue weighted by atomic mass is 32.2. The van der Waals surface area contributed by atoms with Crippen LogP contribution in [0.15, 0.2) is 128 Å². The van der Waals surface area contributed by atoms with Gasteiger partial charge in [0.2, 0.25) is 82.7 Å². The van der Waals surface area contributed by atoms with Crippen molar-refractivity contribution in [1.82, 2.24) is 72.0 Å². The molecule has 15 atom stereocenters. The smallest absolute Gasteiger partial charge is 0.305 e. The second-order valence-corrected chi connectivity index (χ2v) is 34.5. The second-order valence-electron chi connectivity index (χ2n) is 33.5. The van der Waals surface area contributed by atoms with Crippen molar-refractivity contribution in [3.05, 3.63) is 173 Å². The Kier molecular flexibility index (Phi) is 39.7. The predicted molar refractivity (Wildman–Crippen MR) is 479 cm³/mol. The number of aromatic nitrogens is 1. The number of nitrogens with zero attached hydrogens (tertiary/aromatic N) is 5. The number of carbonyl (C=O) groups is 18. The number of carbonyl (C=O) groups excluding carboxylic acids is 15. The van der Waals surface area contributed by atoms with Crippen LogP contribution >= 0.6 is 11.8 Å². The summed E-state index contributed by atoms with van der Waals surface area (Å²) in [5, 5.41) is 81.7. The molecule has 14 amide bonds. The van der Waals surface area contributed by atoms with Gasteiger partial charge in [-0.2, -0.15) is 0 Å². The first-order valence-corrected chi connectivity index (χ1v) is 44.6. The van der Waals surface area contributed by atoms with Gasteiger partial charge in [0.05, 0.1) is 49.4 Å². The van der Waals surface area contributed by atoms with E-state index in [1.165, 1.54) is 44.6 Å². The number of aldehydes is 1. The van der Waals surface area contributed by atoms with Gasteiger partial charge >= 0.3 is 17.9 Å². The number of likely N-dealkylation sites (N-methyl/N-ethyl adjacent to an activating group) is 3. The van der Waals surface area contributed by atoms with E-state index in [1.807, 2.05) is 0 Å². The first-order chi connectivity index (χ1) is 64.0. The van der Waals surface area contributed by atoms with E-state index >= 15 is 23.2 Å². The molecule has 135 heavy (non-hydrogen) atoms. The van der Waals surface area contributed by atoms with Gasteiger partial charge in [0.15, 0.2) is 17.5 Å². The van der Waals surface area contributed by atoms with E-state index in [9.17, 15) is 107 Å². The zero-order valence-corrected chi connectivity index (χ0v) is 75.7. The van der Waals surface area contributed by atoms with Gasteiger partial charge in [-0.05, 0) is 83.3 Å². The zero-order valence-electron chi connectivity index (χ0n) is 74.8. The van der Waals surface area contributed by atoms with Gasteiger partial charge in [0, 0.05) is 102 Å². The molecule has 0 bridgehead atoms. The zero-order chi connectivity index (χ0) is 99.4. The number of amides is 14. The number of rotatable bonds is 50. The third kappa shape index (κ3) is 30.6. The third-order valence-corrected chi connectivity index (χ3v) is 24.0. The van der Waals surface area contributed by atoms with Crippen LogP contribution in [0.1, 0.15) is 106 Å². The fourth-order valence-electron chi connectivity index (χ4n) is 15.7. The topological polar surface area (TPSA) is 609 Å². The minimum absolute atomic E-state index is 0.104. The summed E-state index contributed by atoms with van der Waals surface area (Å²) < 4.78 is 45.0. The van der Waals surface area contributed by atoms with Crippen molar-refractivity contribution in [3.8, 4) is 5.75 Å². The normalized spacial score (nSPS) is 17.0. The summed E-state index contributed by atoms with van der Waals surface area (Å²) in [6.07, 6.45) is -6.14. The minimum Gasteiger partial charge on any atom is -0.508 e. The van der Waals surface area contributed by atoms with Crippen LogP contribution in [0, 0.1) is 23.4 Å². The number of aromatic hydroxyl groups is 1. The first-order valence-electron chi connectivity index (χ1n) is 43.4. The lowest BCUT2D eigenvalue weighted by Gasteiger charge is -2.38. The number of likely N-dealkylation sites (tertiary alicyclic amines) is 2. The second kappa shape index (κ2) is 50.3. The van der Waals surface area contributed by atoms with E-state index in [-0.39, 0.29) is 56.3 Å². The number of H-pyrrole nitrogens is 1. The Morgan fingerprint density at radius 1 is 0.541 bits per heavy atom. The van der Waals surface area contributed by atoms with Crippen molar-refractivity contribution in [1.29, 1.82) is 0 Å². The van der Waals surface area contributed by atoms with E-state index in [1.54, 1.807) is 106 Å². The Hall–Kier alpha value is -13.9. The van der Waals surface area contributed by atoms with Crippen molar-refractivity contribution < 1.29 is 130 Å². The van der Waals surface area contributed by atoms with Crippen molar-refractivity contribution in [2.75, 3.05) is 52.3 Å². The summed E-state index contributed by atoms with van der Waals surface area (Å²) in [6.45, 7) is 3.06. The van der Waals surface area contributed by atoms with Gasteiger partial charge < -0.3 is 119 Å². The molecule has 0 aliphatic carbocycles. The Balaban J connectivity index is 1.03. The number of fused-ring (bicyclic) bond motifs is 1. The molecule has 3 heterocycles. The van der Waals surface area contributed by atoms with Crippen LogP contribution in [0.3, 0.4) is 0 Å². The highest BCUT2D eigenvalue weighted by Crippen LogP contribution is 2.28. The van der Waals surface area contributed by atoms with Crippen molar-refractivity contribution in [3.63, 3.8) is 0 Å². The van der Waals surface area contributed by atoms with Gasteiger partial charge in [0.1, 0.15) is 78.5 Å². The fraction of sp³-hybridized carbons (Fsp3) is 0.451. The number of carboxylic acids is 3. The molecule has 2 aliphatic heterocycles. The van der Waals surface area contributed by atoms with Crippen LogP contribution in [0.25, 0.3) is 10.9 Å². The number of hydrogen-bond donors (Lipinski definition) is 17. The number of unbranched alkanes of at least 4 members (excludes halogenated alkanes) is 1. The molecule has 0 radical (unpaired) electrons. The number of para-hydroxylation sites is 1. The van der Waals surface area contributed by atoms with Gasteiger partial charge in [-0.3, -0.25) is 81.5 Å². The Morgan fingerprint density at radius 2 is 1.04 bits per heavy atom. The Bertz CT molecular complexity index is 5250. The number of nitrogens with two attached hydrogens (primary N) is 2. The third-order valence-electron chi connectivity index (χ3n) is 23.0. The van der Waals surface area contributed by atoms with Gasteiger partial charge in [-0.25, -0.2) is 13.2 Å². The van der Waals surface area contributed by atoms with Crippen LogP contribution in [-0.4, -0.2) is 310 Å². The highest BCUT2D eigenvalue weighted by Gasteiger charge is 2.48. The molecule has 2 aliphatic rings. The standard InChI is InChI=1S/C91H113F3N16O24S/c1-7-8-23-69(90(133)110-44-57(114)38-71(110)86(129)103-66(40-77(121)122)84(127)105-79(48(2)3)91(134)106(4)54(45-111)30-49-17-11-9-12-18-49)107(5)89(132)72(35-50-19-13-10-14-20-50)108(6)88(131)67(34-52-31-59(92)78(94)60(93)32-52)99-74(116)47-135-46-68(80(123)98-42-73(96)115)104-83(126)65(39-76(119)120)101-81(124)63(33-51-24-26-55(112)27-25-51)100-82(125)64(36-53-41-97-62-22-16-15-21-58(53)62)102-85(128)70-37-56(113)43-109(70)87(130)61(95)28-29-75(117)118/h9-22,24-27,31-32,41,45,48,54,56-57,61,63-72,79,97,112-114H,7-8,23,28-30,33-40,42-44,46-47,95H2,1-6H3,(H2,96,115)(H,98,123)(H,99,116)(H,100,125)(H,101,124)(H,102,128)(H,103,129)(H,104,126)(H,105,127)(H,117,118)(H,119,120)(H,121,122)/t54-,56+,57+,61-,63-,64-,65-,66-,67-,68-,69-,70+,71+,72-,79-/m0/s1. The summed E-state index contributed by atoms with van der Waals surface area (Å²) in [5.74, 6) is -27.7. The number of aliphatic carboxylic acids is 3. The lowest BCUT2D eigenvalue weighted by Crippen LogP contribution is -2.61. The highest BCUT2D eigenvalue weighted by molar-refractivity contribution is 8.00. The number of aliphatic hydroxyl groups is 2. The summed E-state index contributed by atoms with van der Waals surface area (Å²) in [4.78, 5) is 259. The fourth-order valence-corrected chi connectivity index (χ4v) is 16.5. The molecule has 0 saturated carbocycles. The number of thioether (sulfide) groups is 1. The van der Waals surface area contributed by atoms with Gasteiger partial charge in [-0.15, -0.1) is 11.8 Å². The lowest BCUT2D eigenvalue weighted by molar-refractivity contribution is -0.152. The van der Waals surface area contributed by atoms with Gasteiger partial charge in [0.25, 0.3) is 0 Å². The van der Waals surface area contributed by atoms with Crippen LogP contribution in [0.5, 0.6) is 5.75 Å². The molecule has 19 N–H and O–H groups in total. The Labute approximate surface area is 777 Å². The number of β-amino-alcohol motifs (C(OH)–C–C–N with tert-alkyl or cyclic N) is 2. The average molecular weight is 1900 g/mol. The summed E-state index contributed by atoms with van der Waals surface area (Å²) >= 11 is 0.522. The van der Waals surface area contributed by atoms with E-state index in [2.05, 4.69) is 47.5 Å². The quantitative estimate of drug-likeness (QED) is 0.0163. The number of phenolic OH excluding ortho intramolecular Hbond substituents is 1. The molecule has 8 rings (SSSR count). The lowest BCUT2D eigenvalue weighted by atomic mass is 9.99. The SMILES string of the molecule is CCCC[C@@H](C(=O)N1C[C@H](O)C[C@@H]1C(=O)N[C@@H](CC(=O)O)C(=O)N[C@H](C(=O)N(C)[C@H](C=O)Cc1ccccc1)C(C)C)N(C)C(=O)[C@H](Cc1ccccc1)N(C)C(=O)[C@H](Cc1cc(F)c(F)c(F)c1)NC(=O)CSC[C@H](NC(=O)[C@H](CC(=O)O)NC(=O)[C@H](Cc1ccc(O)cc1)NC(=O)[C@H](Cc1c[nH]c2ccccc12)NC(=O)[C@H]1C[C@@H](O)CN1C(=O)[C@@H](N)CCC(=O)O)C(=O)NCC(N)=O. The molecule has 40 nitrogen and oxygen atoms in total. The molecule has 2 saturated heterocycles. The molecule has 5 aromatic carbocycles. The molecule has 6 aromatic rings. The van der Waals surface area contributed by atoms with Crippen LogP contribution in [0.2, 0.25) is 0 Å². The van der Waals surface area contributed by atoms with E-state index < -0.39 is 290 Å². The molecule has 0 unspecified atom stereocenters. The Morgan fingerprint density at radius 3 is 1.59 bits per heavy atom. The summed E-state index contributed by atoms with van der Waals surface area (Å²) in [7, 11) is 3.67. The number of aliphatic hydroxyl groups excluding tert-OH is 2. The minimum atomic E-state index is -2.19. The average Bonchev–Trinajstić information content (AvgIpc) is 1.68. The van der Waals surface area contributed by atoms with Crippen LogP contribution < -0.4 is 54.0 Å². The summed E-state index contributed by atoms with van der Waals surface area (Å²) in [5.41, 5.74) is 13.3. The van der Waals surface area contributed by atoms with Crippen LogP contribution in [-0.2, 0) is 118 Å². The molecule has 2 fully saturated rings. The van der Waals surface area contributed by atoms with Gasteiger partial charge in [-0.1, -0.05) is 125 Å². The van der Waals surface area contributed by atoms with E-state index in [0.29, 0.717) is 64.2 Å². The molecule has 44 heteroatoms. The monoisotopic (exact) mass is 1900 g/mol. The number of primary amides is 1. The van der Waals surface area contributed by atoms with E-state index in [4.69, 9.17) is 11.5 Å². The number of benzene rings is 5. The molecular formula is C91H113F3N16O24S. The maximum Gasteiger partial charge on any atom is 0.305 e. The number of phenols is 1. The number of hydrogen-bond acceptors (Lipinski definition) is 23. The largest absolute Gasteiger partial charge is 0.508 e. The van der Waals surface area contributed by atoms with Crippen LogP contribution in [0.4, 0.5) is 13.2 Å². The molecular weight excluding hydrogens is 1790 g/mol. The first kappa shape index (κ1) is 106. The maximum atomic E-state index is 15.6. The maximum absolute atomic E-state index is 15.6. The van der Waals surface area contributed by atoms with Crippen molar-refractivity contribution in [2.24, 2.45) is 17.4 Å². The van der Waals surface area contributed by atoms with E-state index in [0.717, 1.165) is 31.5 Å².